The van der Waals surface area contributed by atoms with Gasteiger partial charge < -0.3 is 27.6 Å². The van der Waals surface area contributed by atoms with Gasteiger partial charge in [0, 0.05) is 0 Å². The summed E-state index contributed by atoms with van der Waals surface area (Å²) < 4.78 is 0. The molecule has 2 rings (SSSR count). The minimum absolute atomic E-state index is 0. The van der Waals surface area contributed by atoms with Crippen LogP contribution < -0.4 is 0 Å². The minimum Gasteiger partial charge on any atom is -0.682 e. The number of nitrogens with zero attached hydrogens (tertiary/aromatic N) is 1. The standard InChI is InChI=1S/C18H28N.3CH3.Ti/c1-11(2)19-17-10-8-7-9-16(17)18-14(5)12(3)13(4)15(18)6;;;;/h7-15,18H,1-6H3;3*1H3;/q4*-1;+4. The summed E-state index contributed by atoms with van der Waals surface area (Å²) in [6, 6.07) is 9.12. The van der Waals surface area contributed by atoms with Crippen molar-refractivity contribution in [1.82, 2.24) is 0 Å². The number of hydrogen-bond donors (Lipinski definition) is 0. The monoisotopic (exact) mass is 351 g/mol. The molecular weight excluding hydrogens is 314 g/mol. The first kappa shape index (κ1) is 27.6. The van der Waals surface area contributed by atoms with E-state index in [4.69, 9.17) is 5.32 Å². The van der Waals surface area contributed by atoms with E-state index < -0.39 is 0 Å². The van der Waals surface area contributed by atoms with Gasteiger partial charge in [-0.3, -0.25) is 0 Å². The molecule has 0 aromatic heterocycles. The van der Waals surface area contributed by atoms with Gasteiger partial charge in [-0.05, 0) is 29.6 Å². The summed E-state index contributed by atoms with van der Waals surface area (Å²) in [4.78, 5) is 0. The third-order valence-corrected chi connectivity index (χ3v) is 5.31. The second-order valence-corrected chi connectivity index (χ2v) is 6.74. The first-order chi connectivity index (χ1) is 8.93. The second-order valence-electron chi connectivity index (χ2n) is 6.74. The topological polar surface area (TPSA) is 14.1 Å². The molecule has 0 N–H and O–H groups in total. The van der Waals surface area contributed by atoms with Crippen LogP contribution in [0.1, 0.15) is 53.0 Å². The number of hydrogen-bond acceptors (Lipinski definition) is 0. The average Bonchev–Trinajstić information content (AvgIpc) is 2.55. The molecule has 0 spiro atoms. The zero-order valence-electron chi connectivity index (χ0n) is 16.7. The van der Waals surface area contributed by atoms with Crippen molar-refractivity contribution in [3.63, 3.8) is 0 Å². The molecule has 130 valence electrons. The third-order valence-electron chi connectivity index (χ3n) is 5.31. The zero-order valence-corrected chi connectivity index (χ0v) is 18.3. The number of benzene rings is 1. The molecule has 1 nitrogen and oxygen atoms in total. The molecule has 23 heavy (non-hydrogen) atoms. The Balaban J connectivity index is -0.000001000. The van der Waals surface area contributed by atoms with Crippen LogP contribution in [0.3, 0.4) is 0 Å². The fourth-order valence-electron chi connectivity index (χ4n) is 3.82. The van der Waals surface area contributed by atoms with E-state index in [0.29, 0.717) is 12.0 Å². The van der Waals surface area contributed by atoms with Crippen LogP contribution in [0.2, 0.25) is 0 Å². The van der Waals surface area contributed by atoms with Crippen molar-refractivity contribution in [2.45, 2.75) is 53.5 Å². The maximum absolute atomic E-state index is 4.82. The SMILES string of the molecule is CC(C)[N-]c1ccccc1C1C(C)C(C)C(C)C1C.[CH3-].[CH3-].[CH3-].[Ti+4]. The smallest absolute Gasteiger partial charge is 0.682 e. The van der Waals surface area contributed by atoms with E-state index in [-0.39, 0.29) is 44.0 Å². The van der Waals surface area contributed by atoms with Crippen molar-refractivity contribution in [2.24, 2.45) is 23.7 Å². The van der Waals surface area contributed by atoms with Gasteiger partial charge in [0.1, 0.15) is 0 Å². The fraction of sp³-hybridized carbons (Fsp3) is 0.571. The molecule has 4 unspecified atom stereocenters. The molecule has 0 amide bonds. The predicted molar refractivity (Wildman–Crippen MR) is 103 cm³/mol. The molecule has 4 atom stereocenters. The molecule has 1 aliphatic carbocycles. The van der Waals surface area contributed by atoms with Crippen LogP contribution in [0.5, 0.6) is 0 Å². The Labute approximate surface area is 161 Å². The van der Waals surface area contributed by atoms with Crippen molar-refractivity contribution in [2.75, 3.05) is 0 Å². The van der Waals surface area contributed by atoms with Crippen LogP contribution in [-0.2, 0) is 21.7 Å². The van der Waals surface area contributed by atoms with Gasteiger partial charge in [0.2, 0.25) is 0 Å². The Morgan fingerprint density at radius 2 is 1.22 bits per heavy atom. The molecule has 0 radical (unpaired) electrons. The Morgan fingerprint density at radius 3 is 1.65 bits per heavy atom. The van der Waals surface area contributed by atoms with Crippen LogP contribution in [0.4, 0.5) is 5.69 Å². The molecule has 0 saturated heterocycles. The van der Waals surface area contributed by atoms with Gasteiger partial charge in [0.15, 0.2) is 0 Å². The maximum Gasteiger partial charge on any atom is 4.00 e. The first-order valence-electron chi connectivity index (χ1n) is 7.73. The summed E-state index contributed by atoms with van der Waals surface area (Å²) in [7, 11) is 0. The van der Waals surface area contributed by atoms with E-state index in [0.717, 1.165) is 23.7 Å². The van der Waals surface area contributed by atoms with Crippen LogP contribution in [0.15, 0.2) is 24.3 Å². The molecule has 1 aromatic carbocycles. The third kappa shape index (κ3) is 5.64. The van der Waals surface area contributed by atoms with Gasteiger partial charge in [0.05, 0.1) is 0 Å². The van der Waals surface area contributed by atoms with Crippen LogP contribution >= 0.6 is 0 Å². The van der Waals surface area contributed by atoms with Crippen LogP contribution in [0, 0.1) is 46.0 Å². The number of para-hydroxylation sites is 1. The van der Waals surface area contributed by atoms with Crippen molar-refractivity contribution < 1.29 is 21.7 Å². The van der Waals surface area contributed by atoms with Crippen LogP contribution in [0.25, 0.3) is 5.32 Å². The van der Waals surface area contributed by atoms with Crippen molar-refractivity contribution in [3.8, 4) is 0 Å². The zero-order chi connectivity index (χ0) is 14.2. The molecular formula is C21H37NTi. The fourth-order valence-corrected chi connectivity index (χ4v) is 3.82. The Kier molecular flexibility index (Phi) is 13.6. The molecule has 0 bridgehead atoms. The van der Waals surface area contributed by atoms with Crippen molar-refractivity contribution >= 4 is 5.69 Å². The van der Waals surface area contributed by atoms with Gasteiger partial charge in [-0.2, -0.15) is 0 Å². The van der Waals surface area contributed by atoms with E-state index in [9.17, 15) is 0 Å². The Morgan fingerprint density at radius 1 is 0.783 bits per heavy atom. The van der Waals surface area contributed by atoms with Crippen LogP contribution in [-0.4, -0.2) is 6.04 Å². The Bertz CT molecular complexity index is 416. The van der Waals surface area contributed by atoms with E-state index in [1.165, 1.54) is 11.3 Å². The van der Waals surface area contributed by atoms with Gasteiger partial charge in [-0.15, -0.1) is 11.7 Å². The summed E-state index contributed by atoms with van der Waals surface area (Å²) >= 11 is 0. The van der Waals surface area contributed by atoms with E-state index in [1.54, 1.807) is 0 Å². The largest absolute Gasteiger partial charge is 4.00 e. The minimum atomic E-state index is 0. The summed E-state index contributed by atoms with van der Waals surface area (Å²) in [5.41, 5.74) is 2.68. The molecule has 1 fully saturated rings. The molecule has 1 saturated carbocycles. The van der Waals surface area contributed by atoms with Crippen molar-refractivity contribution in [3.05, 3.63) is 57.4 Å². The summed E-state index contributed by atoms with van der Waals surface area (Å²) in [6.07, 6.45) is 0. The quantitative estimate of drug-likeness (QED) is 0.408. The summed E-state index contributed by atoms with van der Waals surface area (Å²) in [5, 5.41) is 4.82. The second kappa shape index (κ2) is 11.3. The Hall–Kier alpha value is -0.266. The molecule has 1 aromatic rings. The van der Waals surface area contributed by atoms with Crippen molar-refractivity contribution in [1.29, 1.82) is 0 Å². The summed E-state index contributed by atoms with van der Waals surface area (Å²) in [6.45, 7) is 14.0. The average molecular weight is 351 g/mol. The summed E-state index contributed by atoms with van der Waals surface area (Å²) in [5.74, 6) is 3.74. The van der Waals surface area contributed by atoms with Gasteiger partial charge in [-0.1, -0.05) is 71.4 Å². The van der Waals surface area contributed by atoms with E-state index in [2.05, 4.69) is 65.8 Å². The van der Waals surface area contributed by atoms with Gasteiger partial charge in [-0.25, -0.2) is 0 Å². The number of rotatable bonds is 3. The first-order valence-corrected chi connectivity index (χ1v) is 7.73. The van der Waals surface area contributed by atoms with E-state index in [1.807, 2.05) is 0 Å². The van der Waals surface area contributed by atoms with E-state index >= 15 is 0 Å². The maximum atomic E-state index is 4.82. The normalized spacial score (nSPS) is 28.7. The molecule has 0 aliphatic heterocycles. The molecule has 2 heteroatoms. The van der Waals surface area contributed by atoms with Gasteiger partial charge >= 0.3 is 21.7 Å². The predicted octanol–water partition coefficient (Wildman–Crippen LogP) is 7.09. The molecule has 1 aliphatic rings. The molecule has 0 heterocycles. The van der Waals surface area contributed by atoms with Gasteiger partial charge in [0.25, 0.3) is 0 Å².